The minimum absolute atomic E-state index is 0.382. The molecule has 3 heteroatoms. The Morgan fingerprint density at radius 3 is 2.63 bits per heavy atom. The predicted molar refractivity (Wildman–Crippen MR) is 76.1 cm³/mol. The van der Waals surface area contributed by atoms with Crippen molar-refractivity contribution in [3.05, 3.63) is 23.8 Å². The van der Waals surface area contributed by atoms with E-state index in [1.54, 1.807) is 7.11 Å². The van der Waals surface area contributed by atoms with Gasteiger partial charge in [-0.05, 0) is 62.3 Å². The summed E-state index contributed by atoms with van der Waals surface area (Å²) in [4.78, 5) is 0. The van der Waals surface area contributed by atoms with Crippen molar-refractivity contribution in [1.29, 1.82) is 0 Å². The SMILES string of the molecule is COc1cc(C2CCNC2)ccc1OC1CCCC1. The van der Waals surface area contributed by atoms with E-state index in [2.05, 4.69) is 23.5 Å². The van der Waals surface area contributed by atoms with Crippen LogP contribution in [0, 0.1) is 0 Å². The van der Waals surface area contributed by atoms with Crippen molar-refractivity contribution in [1.82, 2.24) is 5.32 Å². The maximum atomic E-state index is 6.07. The molecular formula is C16H23NO2. The van der Waals surface area contributed by atoms with Crippen molar-refractivity contribution in [2.24, 2.45) is 0 Å². The fourth-order valence-corrected chi connectivity index (χ4v) is 3.16. The number of methoxy groups -OCH3 is 1. The highest BCUT2D eigenvalue weighted by molar-refractivity contribution is 5.44. The topological polar surface area (TPSA) is 30.5 Å². The van der Waals surface area contributed by atoms with E-state index in [4.69, 9.17) is 9.47 Å². The lowest BCUT2D eigenvalue weighted by molar-refractivity contribution is 0.200. The van der Waals surface area contributed by atoms with E-state index >= 15 is 0 Å². The Balaban J connectivity index is 1.76. The van der Waals surface area contributed by atoms with Crippen LogP contribution in [0.2, 0.25) is 0 Å². The summed E-state index contributed by atoms with van der Waals surface area (Å²) in [6.45, 7) is 2.19. The lowest BCUT2D eigenvalue weighted by atomic mass is 9.98. The number of ether oxygens (including phenoxy) is 2. The van der Waals surface area contributed by atoms with Gasteiger partial charge >= 0.3 is 0 Å². The molecule has 19 heavy (non-hydrogen) atoms. The van der Waals surface area contributed by atoms with Crippen LogP contribution in [0.4, 0.5) is 0 Å². The fourth-order valence-electron chi connectivity index (χ4n) is 3.16. The molecule has 104 valence electrons. The van der Waals surface area contributed by atoms with Gasteiger partial charge in [0.15, 0.2) is 11.5 Å². The summed E-state index contributed by atoms with van der Waals surface area (Å²) in [6, 6.07) is 6.44. The van der Waals surface area contributed by atoms with E-state index in [1.807, 2.05) is 0 Å². The Labute approximate surface area is 115 Å². The van der Waals surface area contributed by atoms with Crippen LogP contribution < -0.4 is 14.8 Å². The number of rotatable bonds is 4. The van der Waals surface area contributed by atoms with Crippen molar-refractivity contribution in [3.63, 3.8) is 0 Å². The molecular weight excluding hydrogens is 238 g/mol. The van der Waals surface area contributed by atoms with Gasteiger partial charge in [-0.3, -0.25) is 0 Å². The summed E-state index contributed by atoms with van der Waals surface area (Å²) in [5.74, 6) is 2.41. The lowest BCUT2D eigenvalue weighted by Crippen LogP contribution is -2.12. The minimum Gasteiger partial charge on any atom is -0.493 e. The second-order valence-corrected chi connectivity index (χ2v) is 5.62. The van der Waals surface area contributed by atoms with Gasteiger partial charge in [-0.1, -0.05) is 6.07 Å². The van der Waals surface area contributed by atoms with Crippen LogP contribution in [0.3, 0.4) is 0 Å². The molecule has 1 unspecified atom stereocenters. The number of nitrogens with one attached hydrogen (secondary N) is 1. The van der Waals surface area contributed by atoms with Crippen LogP contribution in [0.5, 0.6) is 11.5 Å². The summed E-state index contributed by atoms with van der Waals surface area (Å²) in [6.07, 6.45) is 6.53. The van der Waals surface area contributed by atoms with Gasteiger partial charge in [-0.15, -0.1) is 0 Å². The van der Waals surface area contributed by atoms with Crippen LogP contribution in [-0.4, -0.2) is 26.3 Å². The summed E-state index contributed by atoms with van der Waals surface area (Å²) in [5.41, 5.74) is 1.36. The second-order valence-electron chi connectivity index (χ2n) is 5.62. The van der Waals surface area contributed by atoms with Crippen LogP contribution >= 0.6 is 0 Å². The zero-order chi connectivity index (χ0) is 13.1. The largest absolute Gasteiger partial charge is 0.493 e. The molecule has 1 aromatic rings. The molecule has 1 aromatic carbocycles. The highest BCUT2D eigenvalue weighted by atomic mass is 16.5. The molecule has 0 spiro atoms. The van der Waals surface area contributed by atoms with E-state index in [-0.39, 0.29) is 0 Å². The van der Waals surface area contributed by atoms with Crippen molar-refractivity contribution < 1.29 is 9.47 Å². The maximum Gasteiger partial charge on any atom is 0.161 e. The Morgan fingerprint density at radius 2 is 1.95 bits per heavy atom. The molecule has 1 atom stereocenters. The monoisotopic (exact) mass is 261 g/mol. The minimum atomic E-state index is 0.382. The van der Waals surface area contributed by atoms with Gasteiger partial charge in [0.25, 0.3) is 0 Å². The number of hydrogen-bond acceptors (Lipinski definition) is 3. The molecule has 1 aliphatic heterocycles. The average molecular weight is 261 g/mol. The van der Waals surface area contributed by atoms with E-state index in [1.165, 1.54) is 37.7 Å². The molecule has 0 amide bonds. The molecule has 1 N–H and O–H groups in total. The third-order valence-electron chi connectivity index (χ3n) is 4.32. The first-order chi connectivity index (χ1) is 9.36. The Morgan fingerprint density at radius 1 is 1.11 bits per heavy atom. The van der Waals surface area contributed by atoms with Gasteiger partial charge in [0, 0.05) is 6.54 Å². The van der Waals surface area contributed by atoms with Crippen molar-refractivity contribution in [3.8, 4) is 11.5 Å². The standard InChI is InChI=1S/C16H23NO2/c1-18-16-10-12(13-8-9-17-11-13)6-7-15(16)19-14-4-2-3-5-14/h6-7,10,13-14,17H,2-5,8-9,11H2,1H3. The van der Waals surface area contributed by atoms with E-state index in [0.717, 1.165) is 24.6 Å². The zero-order valence-corrected chi connectivity index (χ0v) is 11.7. The lowest BCUT2D eigenvalue weighted by Gasteiger charge is -2.18. The molecule has 0 bridgehead atoms. The quantitative estimate of drug-likeness (QED) is 0.903. The Bertz CT molecular complexity index is 421. The normalized spacial score (nSPS) is 23.7. The van der Waals surface area contributed by atoms with Crippen LogP contribution in [0.15, 0.2) is 18.2 Å². The predicted octanol–water partition coefficient (Wildman–Crippen LogP) is 3.09. The van der Waals surface area contributed by atoms with Gasteiger partial charge in [-0.2, -0.15) is 0 Å². The zero-order valence-electron chi connectivity index (χ0n) is 11.7. The third kappa shape index (κ3) is 2.86. The molecule has 1 aliphatic carbocycles. The molecule has 1 heterocycles. The molecule has 1 saturated heterocycles. The van der Waals surface area contributed by atoms with E-state index in [0.29, 0.717) is 12.0 Å². The fraction of sp³-hybridized carbons (Fsp3) is 0.625. The van der Waals surface area contributed by atoms with Crippen molar-refractivity contribution in [2.75, 3.05) is 20.2 Å². The summed E-state index contributed by atoms with van der Waals surface area (Å²) in [5, 5.41) is 3.41. The molecule has 0 aromatic heterocycles. The third-order valence-corrected chi connectivity index (χ3v) is 4.32. The summed E-state index contributed by atoms with van der Waals surface area (Å²) in [7, 11) is 1.73. The smallest absolute Gasteiger partial charge is 0.161 e. The Kier molecular flexibility index (Phi) is 3.92. The van der Waals surface area contributed by atoms with Crippen LogP contribution in [0.25, 0.3) is 0 Å². The van der Waals surface area contributed by atoms with E-state index in [9.17, 15) is 0 Å². The number of benzene rings is 1. The van der Waals surface area contributed by atoms with E-state index < -0.39 is 0 Å². The molecule has 1 saturated carbocycles. The highest BCUT2D eigenvalue weighted by Crippen LogP contribution is 2.35. The summed E-state index contributed by atoms with van der Waals surface area (Å²) >= 11 is 0. The second kappa shape index (κ2) is 5.83. The van der Waals surface area contributed by atoms with Crippen molar-refractivity contribution in [2.45, 2.75) is 44.1 Å². The van der Waals surface area contributed by atoms with Gasteiger partial charge in [0.05, 0.1) is 13.2 Å². The first-order valence-corrected chi connectivity index (χ1v) is 7.42. The first kappa shape index (κ1) is 12.8. The van der Waals surface area contributed by atoms with Crippen LogP contribution in [0.1, 0.15) is 43.6 Å². The van der Waals surface area contributed by atoms with Gasteiger partial charge in [0.2, 0.25) is 0 Å². The summed E-state index contributed by atoms with van der Waals surface area (Å²) < 4.78 is 11.6. The van der Waals surface area contributed by atoms with Crippen molar-refractivity contribution >= 4 is 0 Å². The van der Waals surface area contributed by atoms with Gasteiger partial charge < -0.3 is 14.8 Å². The first-order valence-electron chi connectivity index (χ1n) is 7.42. The number of hydrogen-bond donors (Lipinski definition) is 1. The molecule has 0 radical (unpaired) electrons. The van der Waals surface area contributed by atoms with Gasteiger partial charge in [0.1, 0.15) is 0 Å². The molecule has 2 fully saturated rings. The maximum absolute atomic E-state index is 6.07. The van der Waals surface area contributed by atoms with Crippen LogP contribution in [-0.2, 0) is 0 Å². The average Bonchev–Trinajstić information content (AvgIpc) is 3.12. The molecule has 2 aliphatic rings. The van der Waals surface area contributed by atoms with Gasteiger partial charge in [-0.25, -0.2) is 0 Å². The highest BCUT2D eigenvalue weighted by Gasteiger charge is 2.21. The molecule has 3 rings (SSSR count). The molecule has 3 nitrogen and oxygen atoms in total. The Hall–Kier alpha value is -1.22.